The summed E-state index contributed by atoms with van der Waals surface area (Å²) in [6.07, 6.45) is 0.142. The van der Waals surface area contributed by atoms with Crippen molar-refractivity contribution in [3.05, 3.63) is 71.8 Å². The molecule has 1 aromatic heterocycles. The second kappa shape index (κ2) is 8.78. The van der Waals surface area contributed by atoms with Gasteiger partial charge in [-0.25, -0.2) is 0 Å². The first-order valence-electron chi connectivity index (χ1n) is 10.4. The van der Waals surface area contributed by atoms with Crippen LogP contribution in [0.5, 0.6) is 5.75 Å². The summed E-state index contributed by atoms with van der Waals surface area (Å²) in [5, 5.41) is 15.8. The molecule has 1 atom stereocenters. The van der Waals surface area contributed by atoms with Crippen LogP contribution in [0.4, 0.5) is 5.69 Å². The number of nitrogens with one attached hydrogen (secondary N) is 2. The monoisotopic (exact) mass is 403 g/mol. The van der Waals surface area contributed by atoms with Crippen molar-refractivity contribution in [2.75, 3.05) is 18.9 Å². The molecular weight excluding hydrogens is 374 g/mol. The highest BCUT2D eigenvalue weighted by Crippen LogP contribution is 2.37. The van der Waals surface area contributed by atoms with E-state index in [4.69, 9.17) is 10.5 Å². The van der Waals surface area contributed by atoms with Gasteiger partial charge in [-0.05, 0) is 35.4 Å². The number of nitrogens with two attached hydrogens (primary N) is 1. The molecule has 3 aromatic carbocycles. The molecule has 0 fully saturated rings. The van der Waals surface area contributed by atoms with Crippen LogP contribution in [-0.2, 0) is 6.42 Å². The molecule has 5 nitrogen and oxygen atoms in total. The van der Waals surface area contributed by atoms with Crippen molar-refractivity contribution in [2.45, 2.75) is 32.4 Å². The van der Waals surface area contributed by atoms with Gasteiger partial charge in [-0.3, -0.25) is 0 Å². The zero-order valence-corrected chi connectivity index (χ0v) is 17.5. The van der Waals surface area contributed by atoms with E-state index < -0.39 is 6.10 Å². The van der Waals surface area contributed by atoms with Crippen molar-refractivity contribution in [1.29, 1.82) is 0 Å². The maximum absolute atomic E-state index is 10.4. The summed E-state index contributed by atoms with van der Waals surface area (Å²) in [5.74, 6) is 0.824. The topological polar surface area (TPSA) is 83.3 Å². The third kappa shape index (κ3) is 4.42. The van der Waals surface area contributed by atoms with Crippen LogP contribution < -0.4 is 15.8 Å². The molecule has 4 rings (SSSR count). The molecular formula is C25H29N3O2. The van der Waals surface area contributed by atoms with E-state index in [0.29, 0.717) is 12.6 Å². The quantitative estimate of drug-likeness (QED) is 0.332. The Kier molecular flexibility index (Phi) is 5.93. The van der Waals surface area contributed by atoms with Gasteiger partial charge in [0.1, 0.15) is 18.5 Å². The van der Waals surface area contributed by atoms with Gasteiger partial charge in [-0.1, -0.05) is 50.2 Å². The van der Waals surface area contributed by atoms with Gasteiger partial charge < -0.3 is 25.9 Å². The fourth-order valence-corrected chi connectivity index (χ4v) is 3.72. The Morgan fingerprint density at radius 1 is 1.00 bits per heavy atom. The highest BCUT2D eigenvalue weighted by Gasteiger charge is 2.16. The number of fused-ring (bicyclic) bond motifs is 3. The van der Waals surface area contributed by atoms with Gasteiger partial charge in [0.25, 0.3) is 0 Å². The Morgan fingerprint density at radius 2 is 1.77 bits per heavy atom. The summed E-state index contributed by atoms with van der Waals surface area (Å²) in [5.41, 5.74) is 10.9. The van der Waals surface area contributed by atoms with Crippen molar-refractivity contribution in [1.82, 2.24) is 10.3 Å². The van der Waals surface area contributed by atoms with E-state index in [1.165, 1.54) is 0 Å². The molecule has 0 saturated carbocycles. The van der Waals surface area contributed by atoms with Crippen LogP contribution in [0.25, 0.3) is 21.8 Å². The van der Waals surface area contributed by atoms with Gasteiger partial charge >= 0.3 is 0 Å². The maximum Gasteiger partial charge on any atom is 0.132 e. The number of nitrogen functional groups attached to an aromatic ring is 1. The number of benzene rings is 3. The zero-order valence-electron chi connectivity index (χ0n) is 17.5. The number of aromatic amines is 1. The molecule has 5 heteroatoms. The number of aliphatic hydroxyl groups is 1. The molecule has 0 aliphatic rings. The summed E-state index contributed by atoms with van der Waals surface area (Å²) in [6.45, 7) is 4.85. The van der Waals surface area contributed by atoms with Gasteiger partial charge in [-0.15, -0.1) is 0 Å². The van der Waals surface area contributed by atoms with Crippen LogP contribution >= 0.6 is 0 Å². The molecule has 1 heterocycles. The Bertz CT molecular complexity index is 1130. The molecule has 0 aliphatic heterocycles. The summed E-state index contributed by atoms with van der Waals surface area (Å²) in [7, 11) is 0. The van der Waals surface area contributed by atoms with Crippen LogP contribution in [0.2, 0.25) is 0 Å². The number of anilines is 1. The van der Waals surface area contributed by atoms with E-state index in [0.717, 1.165) is 50.8 Å². The second-order valence-electron chi connectivity index (χ2n) is 8.09. The lowest BCUT2D eigenvalue weighted by molar-refractivity contribution is 0.105. The van der Waals surface area contributed by atoms with Gasteiger partial charge in [0.15, 0.2) is 0 Å². The second-order valence-corrected chi connectivity index (χ2v) is 8.09. The average molecular weight is 404 g/mol. The standard InChI is InChI=1S/C25H29N3O2/c1-16(2)27-14-20(29)15-30-25-18(13-17-7-10-19(26)11-8-17)9-12-23-24(25)21-5-3-4-6-22(21)28-23/h3-12,16,20,27-29H,13-15,26H2,1-2H3. The van der Waals surface area contributed by atoms with Crippen molar-refractivity contribution >= 4 is 27.5 Å². The molecule has 0 spiro atoms. The van der Waals surface area contributed by atoms with Crippen LogP contribution in [0, 0.1) is 0 Å². The van der Waals surface area contributed by atoms with E-state index in [1.54, 1.807) is 0 Å². The van der Waals surface area contributed by atoms with Gasteiger partial charge in [0.05, 0.1) is 5.52 Å². The lowest BCUT2D eigenvalue weighted by atomic mass is 10.0. The molecule has 156 valence electrons. The Morgan fingerprint density at radius 3 is 2.53 bits per heavy atom. The Balaban J connectivity index is 1.71. The summed E-state index contributed by atoms with van der Waals surface area (Å²) >= 11 is 0. The highest BCUT2D eigenvalue weighted by atomic mass is 16.5. The fourth-order valence-electron chi connectivity index (χ4n) is 3.72. The lowest BCUT2D eigenvalue weighted by Gasteiger charge is -2.18. The summed E-state index contributed by atoms with van der Waals surface area (Å²) in [4.78, 5) is 3.47. The number of para-hydroxylation sites is 1. The number of rotatable bonds is 8. The zero-order chi connectivity index (χ0) is 21.1. The number of H-pyrrole nitrogens is 1. The minimum absolute atomic E-state index is 0.229. The van der Waals surface area contributed by atoms with E-state index in [9.17, 15) is 5.11 Å². The smallest absolute Gasteiger partial charge is 0.132 e. The first-order chi connectivity index (χ1) is 14.5. The molecule has 0 bridgehead atoms. The van der Waals surface area contributed by atoms with Gasteiger partial charge in [0.2, 0.25) is 0 Å². The SMILES string of the molecule is CC(C)NCC(O)COc1c(Cc2ccc(N)cc2)ccc2[nH]c3ccccc3c12. The molecule has 0 amide bonds. The molecule has 0 aliphatic carbocycles. The van der Waals surface area contributed by atoms with Crippen LogP contribution in [-0.4, -0.2) is 35.4 Å². The van der Waals surface area contributed by atoms with Crippen LogP contribution in [0.1, 0.15) is 25.0 Å². The normalized spacial score (nSPS) is 12.7. The first-order valence-corrected chi connectivity index (χ1v) is 10.4. The first kappa shape index (κ1) is 20.3. The number of ether oxygens (including phenoxy) is 1. The van der Waals surface area contributed by atoms with Gasteiger partial charge in [0, 0.05) is 41.0 Å². The van der Waals surface area contributed by atoms with Crippen molar-refractivity contribution < 1.29 is 9.84 Å². The Labute approximate surface area is 176 Å². The highest BCUT2D eigenvalue weighted by molar-refractivity contribution is 6.10. The summed E-state index contributed by atoms with van der Waals surface area (Å²) < 4.78 is 6.27. The Hall–Kier alpha value is -3.02. The molecule has 1 unspecified atom stereocenters. The number of aliphatic hydroxyl groups excluding tert-OH is 1. The van der Waals surface area contributed by atoms with Crippen LogP contribution in [0.15, 0.2) is 60.7 Å². The molecule has 0 saturated heterocycles. The molecule has 30 heavy (non-hydrogen) atoms. The van der Waals surface area contributed by atoms with Crippen LogP contribution in [0.3, 0.4) is 0 Å². The lowest BCUT2D eigenvalue weighted by Crippen LogP contribution is -2.35. The number of aromatic nitrogens is 1. The molecule has 0 radical (unpaired) electrons. The minimum atomic E-state index is -0.586. The minimum Gasteiger partial charge on any atom is -0.490 e. The predicted octanol–water partition coefficient (Wildman–Crippen LogP) is 4.23. The molecule has 5 N–H and O–H groups in total. The molecule has 4 aromatic rings. The third-order valence-corrected chi connectivity index (χ3v) is 5.26. The average Bonchev–Trinajstić information content (AvgIpc) is 3.12. The van der Waals surface area contributed by atoms with Crippen molar-refractivity contribution in [3.63, 3.8) is 0 Å². The van der Waals surface area contributed by atoms with Crippen molar-refractivity contribution in [3.8, 4) is 5.75 Å². The van der Waals surface area contributed by atoms with E-state index >= 15 is 0 Å². The fraction of sp³-hybridized carbons (Fsp3) is 0.280. The summed E-state index contributed by atoms with van der Waals surface area (Å²) in [6, 6.07) is 20.7. The third-order valence-electron chi connectivity index (χ3n) is 5.26. The van der Waals surface area contributed by atoms with E-state index in [1.807, 2.05) is 36.4 Å². The van der Waals surface area contributed by atoms with E-state index in [2.05, 4.69) is 48.4 Å². The maximum atomic E-state index is 10.4. The van der Waals surface area contributed by atoms with E-state index in [-0.39, 0.29) is 6.61 Å². The number of hydrogen-bond acceptors (Lipinski definition) is 4. The van der Waals surface area contributed by atoms with Crippen molar-refractivity contribution in [2.24, 2.45) is 0 Å². The largest absolute Gasteiger partial charge is 0.490 e. The predicted molar refractivity (Wildman–Crippen MR) is 124 cm³/mol. The van der Waals surface area contributed by atoms with Gasteiger partial charge in [-0.2, -0.15) is 0 Å². The number of hydrogen-bond donors (Lipinski definition) is 4.